The molecule has 1 unspecified atom stereocenters. The van der Waals surface area contributed by atoms with E-state index in [0.29, 0.717) is 11.4 Å². The summed E-state index contributed by atoms with van der Waals surface area (Å²) in [5.41, 5.74) is 6.08. The van der Waals surface area contributed by atoms with E-state index in [0.717, 1.165) is 25.9 Å². The lowest BCUT2D eigenvalue weighted by Gasteiger charge is -2.35. The van der Waals surface area contributed by atoms with E-state index < -0.39 is 5.97 Å². The molecule has 0 aromatic heterocycles. The minimum atomic E-state index is -0.987. The van der Waals surface area contributed by atoms with Crippen LogP contribution in [0.4, 0.5) is 5.69 Å². The molecule has 0 spiro atoms. The lowest BCUT2D eigenvalue weighted by Crippen LogP contribution is -2.47. The molecule has 1 heterocycles. The standard InChI is InChI=1S/C13H18N2O3/c1-13(5-2-6-15-8-13)18-11-4-3-9(12(16)17)7-10(11)14/h3-4,7,15H,2,5-6,8,14H2,1H3,(H,16,17). The predicted octanol–water partition coefficient (Wildman–Crippen LogP) is 1.49. The minimum Gasteiger partial charge on any atom is -0.484 e. The molecule has 1 saturated heterocycles. The maximum Gasteiger partial charge on any atom is 0.335 e. The van der Waals surface area contributed by atoms with Gasteiger partial charge in [0, 0.05) is 6.54 Å². The molecule has 1 fully saturated rings. The number of carboxylic acids is 1. The third-order valence-corrected chi connectivity index (χ3v) is 3.17. The van der Waals surface area contributed by atoms with Crippen LogP contribution in [0.1, 0.15) is 30.1 Å². The topological polar surface area (TPSA) is 84.6 Å². The van der Waals surface area contributed by atoms with Gasteiger partial charge in [-0.05, 0) is 44.5 Å². The Morgan fingerprint density at radius 3 is 2.89 bits per heavy atom. The van der Waals surface area contributed by atoms with Crippen LogP contribution < -0.4 is 15.8 Å². The van der Waals surface area contributed by atoms with Gasteiger partial charge in [0.05, 0.1) is 11.3 Å². The van der Waals surface area contributed by atoms with Crippen molar-refractivity contribution in [1.29, 1.82) is 0 Å². The zero-order chi connectivity index (χ0) is 13.2. The second-order valence-corrected chi connectivity index (χ2v) is 4.89. The van der Waals surface area contributed by atoms with Crippen LogP contribution in [0.3, 0.4) is 0 Å². The van der Waals surface area contributed by atoms with Crippen molar-refractivity contribution in [1.82, 2.24) is 5.32 Å². The van der Waals surface area contributed by atoms with Crippen LogP contribution in [0.25, 0.3) is 0 Å². The van der Waals surface area contributed by atoms with Crippen LogP contribution in [0.5, 0.6) is 5.75 Å². The zero-order valence-electron chi connectivity index (χ0n) is 10.4. The first-order valence-corrected chi connectivity index (χ1v) is 6.03. The van der Waals surface area contributed by atoms with Crippen molar-refractivity contribution in [2.24, 2.45) is 0 Å². The number of nitrogen functional groups attached to an aromatic ring is 1. The maximum absolute atomic E-state index is 10.8. The van der Waals surface area contributed by atoms with Crippen LogP contribution in [-0.2, 0) is 0 Å². The summed E-state index contributed by atoms with van der Waals surface area (Å²) in [4.78, 5) is 10.8. The van der Waals surface area contributed by atoms with Crippen LogP contribution in [0.15, 0.2) is 18.2 Å². The Kier molecular flexibility index (Phi) is 3.43. The number of aromatic carboxylic acids is 1. The van der Waals surface area contributed by atoms with E-state index in [4.69, 9.17) is 15.6 Å². The van der Waals surface area contributed by atoms with Gasteiger partial charge in [-0.25, -0.2) is 4.79 Å². The Balaban J connectivity index is 2.16. The van der Waals surface area contributed by atoms with Crippen molar-refractivity contribution in [2.75, 3.05) is 18.8 Å². The molecule has 0 bridgehead atoms. The van der Waals surface area contributed by atoms with Crippen LogP contribution in [0.2, 0.25) is 0 Å². The lowest BCUT2D eigenvalue weighted by atomic mass is 9.96. The number of rotatable bonds is 3. The van der Waals surface area contributed by atoms with E-state index in [1.807, 2.05) is 6.92 Å². The number of hydrogen-bond acceptors (Lipinski definition) is 4. The SMILES string of the molecule is CC1(Oc2ccc(C(=O)O)cc2N)CCCNC1. The van der Waals surface area contributed by atoms with Crippen molar-refractivity contribution in [2.45, 2.75) is 25.4 Å². The highest BCUT2D eigenvalue weighted by atomic mass is 16.5. The number of piperidine rings is 1. The summed E-state index contributed by atoms with van der Waals surface area (Å²) in [5.74, 6) is -0.440. The van der Waals surface area contributed by atoms with Gasteiger partial charge in [0.25, 0.3) is 0 Å². The molecule has 98 valence electrons. The van der Waals surface area contributed by atoms with Gasteiger partial charge in [0.15, 0.2) is 0 Å². The van der Waals surface area contributed by atoms with Gasteiger partial charge >= 0.3 is 5.97 Å². The molecule has 1 aliphatic heterocycles. The molecule has 0 radical (unpaired) electrons. The van der Waals surface area contributed by atoms with Gasteiger partial charge in [-0.2, -0.15) is 0 Å². The van der Waals surface area contributed by atoms with Gasteiger partial charge in [0.1, 0.15) is 11.4 Å². The molecule has 0 saturated carbocycles. The zero-order valence-corrected chi connectivity index (χ0v) is 10.4. The number of carboxylic acid groups (broad SMARTS) is 1. The monoisotopic (exact) mass is 250 g/mol. The summed E-state index contributed by atoms with van der Waals surface area (Å²) < 4.78 is 5.93. The van der Waals surface area contributed by atoms with Crippen LogP contribution in [-0.4, -0.2) is 29.8 Å². The third-order valence-electron chi connectivity index (χ3n) is 3.17. The van der Waals surface area contributed by atoms with Crippen molar-refractivity contribution >= 4 is 11.7 Å². The van der Waals surface area contributed by atoms with E-state index in [2.05, 4.69) is 5.32 Å². The van der Waals surface area contributed by atoms with E-state index in [9.17, 15) is 4.79 Å². The van der Waals surface area contributed by atoms with Crippen molar-refractivity contribution in [3.63, 3.8) is 0 Å². The summed E-state index contributed by atoms with van der Waals surface area (Å²) in [6.07, 6.45) is 2.02. The molecule has 0 amide bonds. The molecule has 1 aromatic rings. The molecule has 1 atom stereocenters. The van der Waals surface area contributed by atoms with Gasteiger partial charge in [-0.1, -0.05) is 0 Å². The summed E-state index contributed by atoms with van der Waals surface area (Å²) in [6, 6.07) is 4.56. The number of ether oxygens (including phenoxy) is 1. The van der Waals surface area contributed by atoms with Gasteiger partial charge in [-0.15, -0.1) is 0 Å². The molecule has 5 heteroatoms. The Morgan fingerprint density at radius 1 is 1.56 bits per heavy atom. The largest absolute Gasteiger partial charge is 0.484 e. The summed E-state index contributed by atoms with van der Waals surface area (Å²) in [7, 11) is 0. The van der Waals surface area contributed by atoms with Crippen LogP contribution >= 0.6 is 0 Å². The Bertz CT molecular complexity index is 454. The fraction of sp³-hybridized carbons (Fsp3) is 0.462. The first-order chi connectivity index (χ1) is 8.50. The number of anilines is 1. The van der Waals surface area contributed by atoms with Gasteiger partial charge < -0.3 is 20.9 Å². The maximum atomic E-state index is 10.8. The molecule has 0 aliphatic carbocycles. The smallest absolute Gasteiger partial charge is 0.335 e. The summed E-state index contributed by atoms with van der Waals surface area (Å²) in [5, 5.41) is 12.2. The number of benzene rings is 1. The van der Waals surface area contributed by atoms with Gasteiger partial charge in [0.2, 0.25) is 0 Å². The minimum absolute atomic E-state index is 0.173. The molecule has 5 nitrogen and oxygen atoms in total. The van der Waals surface area contributed by atoms with Gasteiger partial charge in [-0.3, -0.25) is 0 Å². The predicted molar refractivity (Wildman–Crippen MR) is 69.0 cm³/mol. The van der Waals surface area contributed by atoms with Crippen LogP contribution in [0, 0.1) is 0 Å². The highest BCUT2D eigenvalue weighted by molar-refractivity contribution is 5.89. The number of carbonyl (C=O) groups is 1. The molecule has 18 heavy (non-hydrogen) atoms. The Labute approximate surface area is 106 Å². The number of nitrogens with two attached hydrogens (primary N) is 1. The highest BCUT2D eigenvalue weighted by Gasteiger charge is 2.29. The molecule has 1 aromatic carbocycles. The average Bonchev–Trinajstić information content (AvgIpc) is 2.32. The Hall–Kier alpha value is -1.75. The van der Waals surface area contributed by atoms with Crippen molar-refractivity contribution in [3.05, 3.63) is 23.8 Å². The van der Waals surface area contributed by atoms with E-state index in [-0.39, 0.29) is 11.2 Å². The normalized spacial score (nSPS) is 23.6. The third kappa shape index (κ3) is 2.73. The summed E-state index contributed by atoms with van der Waals surface area (Å²) in [6.45, 7) is 3.81. The second-order valence-electron chi connectivity index (χ2n) is 4.89. The second kappa shape index (κ2) is 4.86. The Morgan fingerprint density at radius 2 is 2.33 bits per heavy atom. The first-order valence-electron chi connectivity index (χ1n) is 6.03. The van der Waals surface area contributed by atoms with Crippen molar-refractivity contribution < 1.29 is 14.6 Å². The highest BCUT2D eigenvalue weighted by Crippen LogP contribution is 2.29. The molecular formula is C13H18N2O3. The average molecular weight is 250 g/mol. The number of nitrogens with one attached hydrogen (secondary N) is 1. The van der Waals surface area contributed by atoms with E-state index in [1.165, 1.54) is 12.1 Å². The summed E-state index contributed by atoms with van der Waals surface area (Å²) >= 11 is 0. The van der Waals surface area contributed by atoms with Crippen molar-refractivity contribution in [3.8, 4) is 5.75 Å². The molecule has 1 aliphatic rings. The van der Waals surface area contributed by atoms with E-state index >= 15 is 0 Å². The quantitative estimate of drug-likeness (QED) is 0.708. The number of hydrogen-bond donors (Lipinski definition) is 3. The fourth-order valence-corrected chi connectivity index (χ4v) is 2.16. The molecule has 2 rings (SSSR count). The van der Waals surface area contributed by atoms with E-state index in [1.54, 1.807) is 6.07 Å². The molecule has 4 N–H and O–H groups in total. The lowest BCUT2D eigenvalue weighted by molar-refractivity contribution is 0.0622. The molecular weight excluding hydrogens is 232 g/mol. The fourth-order valence-electron chi connectivity index (χ4n) is 2.16. The first kappa shape index (κ1) is 12.7.